The lowest BCUT2D eigenvalue weighted by Gasteiger charge is -2.19. The van der Waals surface area contributed by atoms with Crippen LogP contribution in [0, 0.1) is 27.7 Å². The zero-order chi connectivity index (χ0) is 25.5. The molecule has 0 radical (unpaired) electrons. The van der Waals surface area contributed by atoms with Crippen LogP contribution in [0.4, 0.5) is 0 Å². The number of hydrogen-bond acceptors (Lipinski definition) is 6. The van der Waals surface area contributed by atoms with Crippen molar-refractivity contribution in [1.82, 2.24) is 29.3 Å². The van der Waals surface area contributed by atoms with E-state index in [0.29, 0.717) is 23.6 Å². The van der Waals surface area contributed by atoms with Gasteiger partial charge in [0.1, 0.15) is 18.2 Å². The van der Waals surface area contributed by atoms with Crippen molar-refractivity contribution in [2.45, 2.75) is 60.5 Å². The molecule has 0 aromatic carbocycles. The first-order chi connectivity index (χ1) is 16.5. The minimum Gasteiger partial charge on any atom is -0.487 e. The molecule has 0 aliphatic carbocycles. The molecule has 35 heavy (non-hydrogen) atoms. The van der Waals surface area contributed by atoms with E-state index in [0.717, 1.165) is 39.7 Å². The number of aryl methyl sites for hydroxylation is 4. The number of rotatable bonds is 5. The quantitative estimate of drug-likeness (QED) is 0.424. The minimum absolute atomic E-state index is 0.129. The van der Waals surface area contributed by atoms with E-state index in [2.05, 4.69) is 35.8 Å². The highest BCUT2D eigenvalue weighted by Gasteiger charge is 2.21. The van der Waals surface area contributed by atoms with Gasteiger partial charge in [-0.25, -0.2) is 9.97 Å². The van der Waals surface area contributed by atoms with Crippen LogP contribution >= 0.6 is 0 Å². The zero-order valence-corrected chi connectivity index (χ0v) is 21.7. The smallest absolute Gasteiger partial charge is 0.261 e. The van der Waals surface area contributed by atoms with E-state index in [1.54, 1.807) is 22.4 Å². The van der Waals surface area contributed by atoms with Gasteiger partial charge in [0.25, 0.3) is 5.56 Å². The van der Waals surface area contributed by atoms with E-state index in [1.165, 1.54) is 0 Å². The van der Waals surface area contributed by atoms with Gasteiger partial charge in [0.2, 0.25) is 0 Å². The first kappa shape index (κ1) is 24.3. The Morgan fingerprint density at radius 3 is 2.37 bits per heavy atom. The van der Waals surface area contributed by atoms with E-state index in [-0.39, 0.29) is 11.0 Å². The summed E-state index contributed by atoms with van der Waals surface area (Å²) in [6.45, 7) is 14.2. The molecule has 0 aliphatic rings. The molecule has 4 heterocycles. The Balaban J connectivity index is 1.76. The third-order valence-corrected chi connectivity index (χ3v) is 5.93. The van der Waals surface area contributed by atoms with Gasteiger partial charge in [-0.3, -0.25) is 19.0 Å². The Morgan fingerprint density at radius 2 is 1.71 bits per heavy atom. The first-order valence-electron chi connectivity index (χ1n) is 11.6. The first-order valence-corrected chi connectivity index (χ1v) is 11.6. The maximum Gasteiger partial charge on any atom is 0.261 e. The Bertz CT molecular complexity index is 1460. The van der Waals surface area contributed by atoms with Crippen LogP contribution in [0.1, 0.15) is 54.7 Å². The molecule has 0 bridgehead atoms. The monoisotopic (exact) mass is 472 g/mol. The van der Waals surface area contributed by atoms with Gasteiger partial charge in [0.15, 0.2) is 0 Å². The van der Waals surface area contributed by atoms with Gasteiger partial charge in [-0.15, -0.1) is 0 Å². The summed E-state index contributed by atoms with van der Waals surface area (Å²) in [5, 5.41) is 4.33. The summed E-state index contributed by atoms with van der Waals surface area (Å²) in [4.78, 5) is 27.5. The number of ether oxygens (including phenoxy) is 1. The molecule has 0 saturated carbocycles. The summed E-state index contributed by atoms with van der Waals surface area (Å²) in [6.07, 6.45) is 5.48. The second kappa shape index (κ2) is 9.09. The van der Waals surface area contributed by atoms with Crippen LogP contribution in [0.15, 0.2) is 41.6 Å². The summed E-state index contributed by atoms with van der Waals surface area (Å²) in [5.41, 5.74) is 5.86. The molecule has 0 atom stereocenters. The molecular weight excluding hydrogens is 440 g/mol. The Morgan fingerprint density at radius 1 is 1.00 bits per heavy atom. The highest BCUT2D eigenvalue weighted by Crippen LogP contribution is 2.27. The molecule has 4 rings (SSSR count). The molecular formula is C27H32N6O2. The van der Waals surface area contributed by atoms with Crippen molar-refractivity contribution < 1.29 is 4.74 Å². The van der Waals surface area contributed by atoms with Gasteiger partial charge >= 0.3 is 0 Å². The highest BCUT2D eigenvalue weighted by atomic mass is 16.5. The van der Waals surface area contributed by atoms with Gasteiger partial charge in [0, 0.05) is 42.8 Å². The van der Waals surface area contributed by atoms with Gasteiger partial charge < -0.3 is 4.74 Å². The van der Waals surface area contributed by atoms with E-state index < -0.39 is 0 Å². The maximum atomic E-state index is 13.5. The Labute approximate surface area is 205 Å². The molecule has 0 aliphatic heterocycles. The molecule has 0 N–H and O–H groups in total. The normalized spacial score (nSPS) is 11.7. The van der Waals surface area contributed by atoms with Gasteiger partial charge in [-0.1, -0.05) is 20.8 Å². The second-order valence-corrected chi connectivity index (χ2v) is 10.0. The van der Waals surface area contributed by atoms with Crippen LogP contribution in [0.2, 0.25) is 0 Å². The average Bonchev–Trinajstić information content (AvgIpc) is 3.21. The summed E-state index contributed by atoms with van der Waals surface area (Å²) in [5.74, 6) is 1.31. The van der Waals surface area contributed by atoms with Crippen LogP contribution in [0.3, 0.4) is 0 Å². The molecule has 0 fully saturated rings. The van der Waals surface area contributed by atoms with Crippen molar-refractivity contribution in [3.8, 4) is 22.8 Å². The molecule has 0 saturated heterocycles. The van der Waals surface area contributed by atoms with Crippen LogP contribution in [-0.2, 0) is 19.1 Å². The van der Waals surface area contributed by atoms with Crippen molar-refractivity contribution in [3.63, 3.8) is 0 Å². The largest absolute Gasteiger partial charge is 0.487 e. The number of nitrogens with zero attached hydrogens (tertiary/aromatic N) is 6. The van der Waals surface area contributed by atoms with Gasteiger partial charge in [-0.05, 0) is 51.0 Å². The molecule has 0 amide bonds. The summed E-state index contributed by atoms with van der Waals surface area (Å²) < 4.78 is 9.39. The SMILES string of the molecule is Cc1cnc(-c2nc(C(C)(C)C)ncc2C)cc1-n1c(C)cc(OCc2ccn(C)n2)c(C)c1=O. The number of hydrogen-bond donors (Lipinski definition) is 0. The standard InChI is InChI=1S/C27H32N6O2/c1-16-13-28-21(24-17(2)14-29-26(30-24)27(5,6)7)12-22(16)33-18(3)11-23(19(4)25(33)34)35-15-20-9-10-32(8)31-20/h9-14H,15H2,1-8H3. The van der Waals surface area contributed by atoms with E-state index in [1.807, 2.05) is 58.4 Å². The fourth-order valence-corrected chi connectivity index (χ4v) is 3.88. The molecule has 4 aromatic heterocycles. The third kappa shape index (κ3) is 4.87. The molecule has 4 aromatic rings. The molecule has 8 heteroatoms. The minimum atomic E-state index is -0.189. The van der Waals surface area contributed by atoms with Gasteiger partial charge in [0.05, 0.1) is 28.3 Å². The van der Waals surface area contributed by atoms with Crippen molar-refractivity contribution in [3.05, 3.63) is 81.0 Å². The van der Waals surface area contributed by atoms with Gasteiger partial charge in [-0.2, -0.15) is 5.10 Å². The molecule has 0 spiro atoms. The predicted molar refractivity (Wildman–Crippen MR) is 136 cm³/mol. The van der Waals surface area contributed by atoms with E-state index >= 15 is 0 Å². The lowest BCUT2D eigenvalue weighted by Crippen LogP contribution is -2.24. The summed E-state index contributed by atoms with van der Waals surface area (Å²) in [6, 6.07) is 5.72. The van der Waals surface area contributed by atoms with Crippen LogP contribution < -0.4 is 10.3 Å². The number of aromatic nitrogens is 6. The van der Waals surface area contributed by atoms with Crippen LogP contribution in [0.25, 0.3) is 17.1 Å². The zero-order valence-electron chi connectivity index (χ0n) is 21.7. The molecule has 8 nitrogen and oxygen atoms in total. The molecule has 0 unspecified atom stereocenters. The van der Waals surface area contributed by atoms with E-state index in [9.17, 15) is 4.79 Å². The van der Waals surface area contributed by atoms with Crippen molar-refractivity contribution in [2.75, 3.05) is 0 Å². The topological polar surface area (TPSA) is 87.7 Å². The average molecular weight is 473 g/mol. The van der Waals surface area contributed by atoms with Crippen molar-refractivity contribution in [2.24, 2.45) is 7.05 Å². The second-order valence-electron chi connectivity index (χ2n) is 10.0. The lowest BCUT2D eigenvalue weighted by atomic mass is 9.95. The van der Waals surface area contributed by atoms with Crippen molar-refractivity contribution in [1.29, 1.82) is 0 Å². The van der Waals surface area contributed by atoms with Crippen LogP contribution in [0.5, 0.6) is 5.75 Å². The highest BCUT2D eigenvalue weighted by molar-refractivity contribution is 5.62. The number of pyridine rings is 2. The maximum absolute atomic E-state index is 13.5. The fourth-order valence-electron chi connectivity index (χ4n) is 3.88. The Hall–Kier alpha value is -3.81. The molecule has 182 valence electrons. The van der Waals surface area contributed by atoms with E-state index in [4.69, 9.17) is 9.72 Å². The summed E-state index contributed by atoms with van der Waals surface area (Å²) in [7, 11) is 1.86. The Kier molecular flexibility index (Phi) is 6.32. The fraction of sp³-hybridized carbons (Fsp3) is 0.370. The van der Waals surface area contributed by atoms with Crippen molar-refractivity contribution >= 4 is 0 Å². The summed E-state index contributed by atoms with van der Waals surface area (Å²) >= 11 is 0. The van der Waals surface area contributed by atoms with Crippen LogP contribution in [-0.4, -0.2) is 29.3 Å². The predicted octanol–water partition coefficient (Wildman–Crippen LogP) is 4.53. The lowest BCUT2D eigenvalue weighted by molar-refractivity contribution is 0.296. The third-order valence-electron chi connectivity index (χ3n) is 5.93.